The molecule has 0 bridgehead atoms. The van der Waals surface area contributed by atoms with Crippen molar-refractivity contribution in [1.82, 2.24) is 10.1 Å². The summed E-state index contributed by atoms with van der Waals surface area (Å²) in [6.45, 7) is 0. The van der Waals surface area contributed by atoms with Crippen molar-refractivity contribution in [2.75, 3.05) is 0 Å². The van der Waals surface area contributed by atoms with E-state index in [1.54, 1.807) is 29.5 Å². The minimum Gasteiger partial charge on any atom is -0.333 e. The van der Waals surface area contributed by atoms with Gasteiger partial charge in [-0.2, -0.15) is 16.3 Å². The molecule has 3 nitrogen and oxygen atoms in total. The van der Waals surface area contributed by atoms with Gasteiger partial charge in [0.25, 0.3) is 5.89 Å². The summed E-state index contributed by atoms with van der Waals surface area (Å²) >= 11 is 13.6. The van der Waals surface area contributed by atoms with Crippen molar-refractivity contribution in [2.45, 2.75) is 0 Å². The number of benzene rings is 1. The molecule has 2 aromatic heterocycles. The van der Waals surface area contributed by atoms with Crippen molar-refractivity contribution in [2.24, 2.45) is 0 Å². The molecule has 0 spiro atoms. The SMILES string of the molecule is Cl/C(=C\c1ccc(Cl)cc1)c1nc(-c2ccsc2)no1. The lowest BCUT2D eigenvalue weighted by atomic mass is 10.2. The maximum Gasteiger partial charge on any atom is 0.269 e. The van der Waals surface area contributed by atoms with Gasteiger partial charge in [-0.1, -0.05) is 40.5 Å². The minimum absolute atomic E-state index is 0.294. The smallest absolute Gasteiger partial charge is 0.269 e. The lowest BCUT2D eigenvalue weighted by Crippen LogP contribution is -1.79. The van der Waals surface area contributed by atoms with Crippen LogP contribution in [0.3, 0.4) is 0 Å². The molecule has 1 aromatic carbocycles. The Balaban J connectivity index is 1.87. The monoisotopic (exact) mass is 322 g/mol. The van der Waals surface area contributed by atoms with E-state index >= 15 is 0 Å². The molecule has 100 valence electrons. The van der Waals surface area contributed by atoms with Crippen LogP contribution in [0, 0.1) is 0 Å². The molecular weight excluding hydrogens is 315 g/mol. The Morgan fingerprint density at radius 2 is 2.00 bits per heavy atom. The van der Waals surface area contributed by atoms with Gasteiger partial charge in [0.05, 0.1) is 0 Å². The topological polar surface area (TPSA) is 38.9 Å². The zero-order valence-corrected chi connectivity index (χ0v) is 12.4. The minimum atomic E-state index is 0.294. The molecule has 20 heavy (non-hydrogen) atoms. The Bertz CT molecular complexity index is 733. The van der Waals surface area contributed by atoms with Crippen LogP contribution in [0.2, 0.25) is 5.02 Å². The first kappa shape index (κ1) is 13.4. The summed E-state index contributed by atoms with van der Waals surface area (Å²) in [5.74, 6) is 0.826. The fraction of sp³-hybridized carbons (Fsp3) is 0. The normalized spacial score (nSPS) is 11.8. The third-order valence-electron chi connectivity index (χ3n) is 2.57. The van der Waals surface area contributed by atoms with E-state index in [-0.39, 0.29) is 0 Å². The first-order valence-electron chi connectivity index (χ1n) is 5.72. The van der Waals surface area contributed by atoms with Crippen LogP contribution in [0.4, 0.5) is 0 Å². The second-order valence-corrected chi connectivity index (χ2v) is 5.60. The molecule has 0 atom stereocenters. The Kier molecular flexibility index (Phi) is 3.87. The second kappa shape index (κ2) is 5.79. The molecule has 0 aliphatic heterocycles. The number of thiophene rings is 1. The highest BCUT2D eigenvalue weighted by Crippen LogP contribution is 2.25. The zero-order valence-electron chi connectivity index (χ0n) is 10.1. The van der Waals surface area contributed by atoms with Crippen LogP contribution in [0.25, 0.3) is 22.5 Å². The van der Waals surface area contributed by atoms with Crippen molar-refractivity contribution in [3.8, 4) is 11.4 Å². The zero-order chi connectivity index (χ0) is 13.9. The number of hydrogen-bond acceptors (Lipinski definition) is 4. The van der Waals surface area contributed by atoms with Crippen molar-refractivity contribution >= 4 is 45.6 Å². The standard InChI is InChI=1S/C14H8Cl2N2OS/c15-11-3-1-9(2-4-11)7-12(16)14-17-13(18-19-14)10-5-6-20-8-10/h1-8H/b12-7-. The fourth-order valence-corrected chi connectivity index (χ4v) is 2.56. The summed E-state index contributed by atoms with van der Waals surface area (Å²) in [5.41, 5.74) is 1.83. The lowest BCUT2D eigenvalue weighted by molar-refractivity contribution is 0.410. The molecule has 3 aromatic rings. The van der Waals surface area contributed by atoms with Crippen LogP contribution in [0.15, 0.2) is 45.6 Å². The van der Waals surface area contributed by atoms with Crippen molar-refractivity contribution in [1.29, 1.82) is 0 Å². The van der Waals surface area contributed by atoms with E-state index in [2.05, 4.69) is 10.1 Å². The number of aromatic nitrogens is 2. The predicted octanol–water partition coefficient (Wildman–Crippen LogP) is 5.19. The van der Waals surface area contributed by atoms with Gasteiger partial charge in [-0.25, -0.2) is 0 Å². The van der Waals surface area contributed by atoms with E-state index in [0.717, 1.165) is 11.1 Å². The molecule has 0 fully saturated rings. The molecule has 6 heteroatoms. The average Bonchev–Trinajstić information content (AvgIpc) is 3.11. The molecule has 0 saturated heterocycles. The van der Waals surface area contributed by atoms with E-state index in [0.29, 0.717) is 21.8 Å². The average molecular weight is 323 g/mol. The highest BCUT2D eigenvalue weighted by atomic mass is 35.5. The molecule has 0 unspecified atom stereocenters. The Morgan fingerprint density at radius 3 is 2.70 bits per heavy atom. The summed E-state index contributed by atoms with van der Waals surface area (Å²) in [7, 11) is 0. The summed E-state index contributed by atoms with van der Waals surface area (Å²) < 4.78 is 5.16. The van der Waals surface area contributed by atoms with E-state index < -0.39 is 0 Å². The van der Waals surface area contributed by atoms with E-state index in [1.165, 1.54) is 0 Å². The maximum absolute atomic E-state index is 6.19. The van der Waals surface area contributed by atoms with E-state index in [1.807, 2.05) is 29.0 Å². The maximum atomic E-state index is 6.19. The Morgan fingerprint density at radius 1 is 1.20 bits per heavy atom. The molecule has 0 saturated carbocycles. The Hall–Kier alpha value is -1.62. The van der Waals surface area contributed by atoms with Crippen LogP contribution < -0.4 is 0 Å². The number of hydrogen-bond donors (Lipinski definition) is 0. The summed E-state index contributed by atoms with van der Waals surface area (Å²) in [4.78, 5) is 4.27. The van der Waals surface area contributed by atoms with Crippen LogP contribution >= 0.6 is 34.5 Å². The highest BCUT2D eigenvalue weighted by Gasteiger charge is 2.11. The second-order valence-electron chi connectivity index (χ2n) is 3.98. The molecule has 3 rings (SSSR count). The van der Waals surface area contributed by atoms with Crippen molar-refractivity contribution in [3.63, 3.8) is 0 Å². The van der Waals surface area contributed by atoms with Gasteiger partial charge < -0.3 is 4.52 Å². The van der Waals surface area contributed by atoms with Gasteiger partial charge in [0.2, 0.25) is 5.82 Å². The number of nitrogens with zero attached hydrogens (tertiary/aromatic N) is 2. The molecule has 0 aliphatic rings. The predicted molar refractivity (Wildman–Crippen MR) is 82.8 cm³/mol. The van der Waals surface area contributed by atoms with Gasteiger partial charge in [0.1, 0.15) is 5.03 Å². The summed E-state index contributed by atoms with van der Waals surface area (Å²) in [5, 5.41) is 8.88. The van der Waals surface area contributed by atoms with Crippen molar-refractivity contribution in [3.05, 3.63) is 57.6 Å². The van der Waals surface area contributed by atoms with Gasteiger partial charge >= 0.3 is 0 Å². The molecule has 0 N–H and O–H groups in total. The molecule has 0 amide bonds. The van der Waals surface area contributed by atoms with Crippen LogP contribution in [0.5, 0.6) is 0 Å². The lowest BCUT2D eigenvalue weighted by Gasteiger charge is -1.94. The Labute approximate surface area is 129 Å². The summed E-state index contributed by atoms with van der Waals surface area (Å²) in [6.07, 6.45) is 1.75. The van der Waals surface area contributed by atoms with Crippen LogP contribution in [-0.4, -0.2) is 10.1 Å². The van der Waals surface area contributed by atoms with Crippen LogP contribution in [0.1, 0.15) is 11.5 Å². The number of halogens is 2. The van der Waals surface area contributed by atoms with E-state index in [4.69, 9.17) is 27.7 Å². The molecule has 0 radical (unpaired) electrons. The first-order chi connectivity index (χ1) is 9.72. The third kappa shape index (κ3) is 2.93. The van der Waals surface area contributed by atoms with Crippen molar-refractivity contribution < 1.29 is 4.52 Å². The quantitative estimate of drug-likeness (QED) is 0.666. The molecule has 0 aliphatic carbocycles. The third-order valence-corrected chi connectivity index (χ3v) is 3.78. The first-order valence-corrected chi connectivity index (χ1v) is 7.42. The van der Waals surface area contributed by atoms with Gasteiger partial charge in [0, 0.05) is 16.0 Å². The van der Waals surface area contributed by atoms with Gasteiger partial charge in [-0.3, -0.25) is 0 Å². The van der Waals surface area contributed by atoms with Gasteiger partial charge in [0.15, 0.2) is 0 Å². The summed E-state index contributed by atoms with van der Waals surface area (Å²) in [6, 6.07) is 9.24. The number of rotatable bonds is 3. The van der Waals surface area contributed by atoms with Gasteiger partial charge in [-0.05, 0) is 35.2 Å². The highest BCUT2D eigenvalue weighted by molar-refractivity contribution is 7.08. The largest absolute Gasteiger partial charge is 0.333 e. The van der Waals surface area contributed by atoms with E-state index in [9.17, 15) is 0 Å². The van der Waals surface area contributed by atoms with Crippen LogP contribution in [-0.2, 0) is 0 Å². The molecule has 2 heterocycles. The van der Waals surface area contributed by atoms with Gasteiger partial charge in [-0.15, -0.1) is 0 Å². The fourth-order valence-electron chi connectivity index (χ4n) is 1.60. The molecular formula is C14H8Cl2N2OS.